The third-order valence-electron chi connectivity index (χ3n) is 3.43. The van der Waals surface area contributed by atoms with Gasteiger partial charge in [-0.1, -0.05) is 5.16 Å². The predicted molar refractivity (Wildman–Crippen MR) is 63.0 cm³/mol. The van der Waals surface area contributed by atoms with Crippen LogP contribution in [0.25, 0.3) is 11.4 Å². The number of nitrogens with zero attached hydrogens (tertiary/aromatic N) is 2. The minimum Gasteiger partial charge on any atom is -0.469 e. The van der Waals surface area contributed by atoms with Crippen LogP contribution < -0.4 is 0 Å². The van der Waals surface area contributed by atoms with Crippen LogP contribution in [0, 0.1) is 6.92 Å². The quantitative estimate of drug-likeness (QED) is 0.814. The highest BCUT2D eigenvalue weighted by atomic mass is 16.5. The van der Waals surface area contributed by atoms with Crippen LogP contribution in [0.5, 0.6) is 0 Å². The molecule has 1 fully saturated rings. The highest BCUT2D eigenvalue weighted by Crippen LogP contribution is 2.31. The molecule has 0 atom stereocenters. The molecule has 0 N–H and O–H groups in total. The minimum atomic E-state index is 0.219. The van der Waals surface area contributed by atoms with Gasteiger partial charge in [0.1, 0.15) is 11.5 Å². The summed E-state index contributed by atoms with van der Waals surface area (Å²) in [6.07, 6.45) is 4.47. The molecule has 2 heterocycles. The van der Waals surface area contributed by atoms with Gasteiger partial charge in [-0.15, -0.1) is 0 Å². The Morgan fingerprint density at radius 1 is 1.33 bits per heavy atom. The van der Waals surface area contributed by atoms with Crippen molar-refractivity contribution in [3.63, 3.8) is 0 Å². The summed E-state index contributed by atoms with van der Waals surface area (Å²) in [4.78, 5) is 15.6. The van der Waals surface area contributed by atoms with E-state index in [2.05, 4.69) is 10.1 Å². The maximum atomic E-state index is 11.2. The number of rotatable bonds is 2. The average molecular weight is 246 g/mol. The Morgan fingerprint density at radius 2 is 2.11 bits per heavy atom. The van der Waals surface area contributed by atoms with Gasteiger partial charge >= 0.3 is 0 Å². The Labute approximate surface area is 104 Å². The molecule has 0 unspecified atom stereocenters. The monoisotopic (exact) mass is 246 g/mol. The Kier molecular flexibility index (Phi) is 2.74. The van der Waals surface area contributed by atoms with E-state index in [1.165, 1.54) is 0 Å². The highest BCUT2D eigenvalue weighted by Gasteiger charge is 2.25. The van der Waals surface area contributed by atoms with E-state index in [0.29, 0.717) is 30.3 Å². The molecule has 5 heteroatoms. The summed E-state index contributed by atoms with van der Waals surface area (Å²) in [5.74, 6) is 2.53. The number of furan rings is 1. The number of carbonyl (C=O) groups is 1. The molecule has 2 aromatic rings. The van der Waals surface area contributed by atoms with Crippen molar-refractivity contribution in [2.75, 3.05) is 0 Å². The second kappa shape index (κ2) is 4.40. The van der Waals surface area contributed by atoms with Crippen LogP contribution >= 0.6 is 0 Å². The van der Waals surface area contributed by atoms with Gasteiger partial charge in [0.25, 0.3) is 0 Å². The van der Waals surface area contributed by atoms with E-state index in [9.17, 15) is 4.79 Å². The lowest BCUT2D eigenvalue weighted by molar-refractivity contribution is -0.120. The number of hydrogen-bond donors (Lipinski definition) is 0. The first-order valence-electron chi connectivity index (χ1n) is 6.14. The zero-order valence-corrected chi connectivity index (χ0v) is 10.2. The van der Waals surface area contributed by atoms with Crippen molar-refractivity contribution in [1.29, 1.82) is 0 Å². The molecule has 1 saturated carbocycles. The number of aromatic nitrogens is 2. The summed E-state index contributed by atoms with van der Waals surface area (Å²) in [7, 11) is 0. The standard InChI is InChI=1S/C13H14N2O3/c1-8-11(6-7-17-8)12-14-13(18-15-12)9-2-4-10(16)5-3-9/h6-7,9H,2-5H2,1H3. The maximum absolute atomic E-state index is 11.2. The van der Waals surface area contributed by atoms with E-state index < -0.39 is 0 Å². The fourth-order valence-electron chi connectivity index (χ4n) is 2.31. The Bertz CT molecular complexity index is 560. The third kappa shape index (κ3) is 1.96. The van der Waals surface area contributed by atoms with Crippen LogP contribution in [0.2, 0.25) is 0 Å². The lowest BCUT2D eigenvalue weighted by Crippen LogP contribution is -2.12. The third-order valence-corrected chi connectivity index (χ3v) is 3.43. The van der Waals surface area contributed by atoms with E-state index in [1.807, 2.05) is 13.0 Å². The number of aryl methyl sites for hydroxylation is 1. The molecule has 94 valence electrons. The molecule has 3 rings (SSSR count). The number of ketones is 1. The van der Waals surface area contributed by atoms with Gasteiger partial charge in [-0.25, -0.2) is 0 Å². The van der Waals surface area contributed by atoms with Crippen molar-refractivity contribution in [3.8, 4) is 11.4 Å². The first kappa shape index (κ1) is 11.2. The van der Waals surface area contributed by atoms with Crippen molar-refractivity contribution in [1.82, 2.24) is 10.1 Å². The van der Waals surface area contributed by atoms with E-state index in [4.69, 9.17) is 8.94 Å². The fourth-order valence-corrected chi connectivity index (χ4v) is 2.31. The number of Topliss-reactive ketones (excluding diaryl/α,β-unsaturated/α-hetero) is 1. The van der Waals surface area contributed by atoms with Gasteiger partial charge in [-0.3, -0.25) is 4.79 Å². The van der Waals surface area contributed by atoms with E-state index in [0.717, 1.165) is 24.2 Å². The summed E-state index contributed by atoms with van der Waals surface area (Å²) in [5, 5.41) is 3.98. The maximum Gasteiger partial charge on any atom is 0.230 e. The first-order chi connectivity index (χ1) is 8.74. The number of carbonyl (C=O) groups excluding carboxylic acids is 1. The van der Waals surface area contributed by atoms with Crippen LogP contribution in [0.3, 0.4) is 0 Å². The molecular formula is C13H14N2O3. The minimum absolute atomic E-state index is 0.219. The van der Waals surface area contributed by atoms with Crippen LogP contribution in [0.1, 0.15) is 43.3 Å². The molecule has 0 aromatic carbocycles. The largest absolute Gasteiger partial charge is 0.469 e. The van der Waals surface area contributed by atoms with Crippen molar-refractivity contribution >= 4 is 5.78 Å². The topological polar surface area (TPSA) is 69.1 Å². The first-order valence-corrected chi connectivity index (χ1v) is 6.14. The molecule has 1 aliphatic carbocycles. The molecule has 0 amide bonds. The van der Waals surface area contributed by atoms with Crippen molar-refractivity contribution in [3.05, 3.63) is 24.0 Å². The average Bonchev–Trinajstić information content (AvgIpc) is 2.98. The van der Waals surface area contributed by atoms with Gasteiger partial charge in [0.05, 0.1) is 11.8 Å². The molecule has 0 radical (unpaired) electrons. The second-order valence-corrected chi connectivity index (χ2v) is 4.66. The van der Waals surface area contributed by atoms with Gasteiger partial charge in [0, 0.05) is 18.8 Å². The lowest BCUT2D eigenvalue weighted by atomic mass is 9.88. The molecular weight excluding hydrogens is 232 g/mol. The second-order valence-electron chi connectivity index (χ2n) is 4.66. The summed E-state index contributed by atoms with van der Waals surface area (Å²) in [6.45, 7) is 1.87. The summed E-state index contributed by atoms with van der Waals surface area (Å²) in [6, 6.07) is 1.83. The molecule has 5 nitrogen and oxygen atoms in total. The van der Waals surface area contributed by atoms with Gasteiger partial charge in [-0.05, 0) is 25.8 Å². The Morgan fingerprint density at radius 3 is 2.78 bits per heavy atom. The van der Waals surface area contributed by atoms with Crippen molar-refractivity contribution in [2.24, 2.45) is 0 Å². The van der Waals surface area contributed by atoms with Crippen LogP contribution in [-0.4, -0.2) is 15.9 Å². The zero-order valence-electron chi connectivity index (χ0n) is 10.2. The number of hydrogen-bond acceptors (Lipinski definition) is 5. The smallest absolute Gasteiger partial charge is 0.230 e. The van der Waals surface area contributed by atoms with E-state index in [-0.39, 0.29) is 5.92 Å². The van der Waals surface area contributed by atoms with Gasteiger partial charge in [0.15, 0.2) is 0 Å². The Hall–Kier alpha value is -1.91. The summed E-state index contributed by atoms with van der Waals surface area (Å²) >= 11 is 0. The Balaban J connectivity index is 1.82. The van der Waals surface area contributed by atoms with E-state index in [1.54, 1.807) is 6.26 Å². The van der Waals surface area contributed by atoms with Crippen LogP contribution in [0.15, 0.2) is 21.3 Å². The normalized spacial score (nSPS) is 17.3. The van der Waals surface area contributed by atoms with Gasteiger partial charge in [-0.2, -0.15) is 4.98 Å². The summed E-state index contributed by atoms with van der Waals surface area (Å²) < 4.78 is 10.5. The van der Waals surface area contributed by atoms with Crippen LogP contribution in [-0.2, 0) is 4.79 Å². The molecule has 1 aliphatic rings. The van der Waals surface area contributed by atoms with Crippen LogP contribution in [0.4, 0.5) is 0 Å². The fraction of sp³-hybridized carbons (Fsp3) is 0.462. The van der Waals surface area contributed by atoms with Gasteiger partial charge in [0.2, 0.25) is 11.7 Å². The van der Waals surface area contributed by atoms with Gasteiger partial charge < -0.3 is 8.94 Å². The van der Waals surface area contributed by atoms with E-state index >= 15 is 0 Å². The molecule has 2 aromatic heterocycles. The molecule has 0 bridgehead atoms. The van der Waals surface area contributed by atoms with Crippen molar-refractivity contribution in [2.45, 2.75) is 38.5 Å². The molecule has 0 spiro atoms. The lowest BCUT2D eigenvalue weighted by Gasteiger charge is -2.16. The predicted octanol–water partition coefficient (Wildman–Crippen LogP) is 2.86. The molecule has 0 saturated heterocycles. The summed E-state index contributed by atoms with van der Waals surface area (Å²) in [5.41, 5.74) is 0.858. The molecule has 0 aliphatic heterocycles. The van der Waals surface area contributed by atoms with Crippen molar-refractivity contribution < 1.29 is 13.7 Å². The SMILES string of the molecule is Cc1occc1-c1noc(C2CCC(=O)CC2)n1. The zero-order chi connectivity index (χ0) is 12.5. The molecule has 18 heavy (non-hydrogen) atoms. The highest BCUT2D eigenvalue weighted by molar-refractivity contribution is 5.79.